The van der Waals surface area contributed by atoms with E-state index in [1.54, 1.807) is 25.7 Å². The summed E-state index contributed by atoms with van der Waals surface area (Å²) < 4.78 is 10.1. The first-order chi connectivity index (χ1) is 10.7. The Hall–Kier alpha value is -1.83. The minimum Gasteiger partial charge on any atom is -0.444 e. The van der Waals surface area contributed by atoms with Gasteiger partial charge >= 0.3 is 6.09 Å². The van der Waals surface area contributed by atoms with E-state index in [0.717, 1.165) is 0 Å². The molecular weight excluding hydrogens is 302 g/mol. The summed E-state index contributed by atoms with van der Waals surface area (Å²) in [7, 11) is 1.49. The van der Waals surface area contributed by atoms with Crippen LogP contribution in [-0.4, -0.2) is 73.3 Å². The number of ether oxygens (including phenoxy) is 2. The monoisotopic (exact) mass is 329 g/mol. The van der Waals surface area contributed by atoms with Crippen LogP contribution in [-0.2, 0) is 19.1 Å². The van der Waals surface area contributed by atoms with Crippen LogP contribution in [0.15, 0.2) is 0 Å². The Morgan fingerprint density at radius 2 is 1.91 bits per heavy atom. The molecule has 0 aromatic rings. The van der Waals surface area contributed by atoms with Crippen molar-refractivity contribution in [3.8, 4) is 0 Å². The highest BCUT2D eigenvalue weighted by Crippen LogP contribution is 2.12. The van der Waals surface area contributed by atoms with E-state index in [-0.39, 0.29) is 31.4 Å². The van der Waals surface area contributed by atoms with Crippen LogP contribution in [0.1, 0.15) is 33.6 Å². The van der Waals surface area contributed by atoms with Crippen LogP contribution >= 0.6 is 0 Å². The van der Waals surface area contributed by atoms with Gasteiger partial charge in [-0.05, 0) is 20.8 Å². The zero-order valence-electron chi connectivity index (χ0n) is 14.4. The van der Waals surface area contributed by atoms with E-state index in [0.29, 0.717) is 26.2 Å². The highest BCUT2D eigenvalue weighted by Gasteiger charge is 2.27. The molecule has 1 aliphatic heterocycles. The van der Waals surface area contributed by atoms with Gasteiger partial charge in [0.2, 0.25) is 11.8 Å². The molecule has 1 fully saturated rings. The molecule has 1 N–H and O–H groups in total. The van der Waals surface area contributed by atoms with Gasteiger partial charge in [-0.2, -0.15) is 0 Å². The van der Waals surface area contributed by atoms with E-state index in [2.05, 4.69) is 5.32 Å². The summed E-state index contributed by atoms with van der Waals surface area (Å²) in [5.74, 6) is -0.233. The zero-order valence-corrected chi connectivity index (χ0v) is 14.4. The molecule has 1 aliphatic rings. The summed E-state index contributed by atoms with van der Waals surface area (Å²) in [6, 6.07) is 0. The van der Waals surface area contributed by atoms with Crippen molar-refractivity contribution >= 4 is 17.9 Å². The van der Waals surface area contributed by atoms with Gasteiger partial charge in [0.05, 0.1) is 0 Å². The molecule has 0 aromatic carbocycles. The van der Waals surface area contributed by atoms with Gasteiger partial charge in [0.1, 0.15) is 12.3 Å². The third-order valence-electron chi connectivity index (χ3n) is 3.26. The number of carbonyl (C=O) groups excluding carboxylic acids is 3. The molecule has 0 radical (unpaired) electrons. The van der Waals surface area contributed by atoms with E-state index < -0.39 is 11.7 Å². The second kappa shape index (κ2) is 8.71. The SMILES string of the molecule is COCNC(=O)CCN1CCN(C(=O)OC(C)(C)C)CCC1=O. The van der Waals surface area contributed by atoms with Crippen molar-refractivity contribution in [2.45, 2.75) is 39.2 Å². The first-order valence-electron chi connectivity index (χ1n) is 7.74. The topological polar surface area (TPSA) is 88.2 Å². The maximum atomic E-state index is 12.1. The quantitative estimate of drug-likeness (QED) is 0.745. The van der Waals surface area contributed by atoms with Gasteiger partial charge in [-0.1, -0.05) is 0 Å². The van der Waals surface area contributed by atoms with Crippen LogP contribution in [0.5, 0.6) is 0 Å². The molecule has 1 heterocycles. The summed E-state index contributed by atoms with van der Waals surface area (Å²) in [5.41, 5.74) is -0.563. The Labute approximate surface area is 137 Å². The van der Waals surface area contributed by atoms with Crippen LogP contribution in [0.4, 0.5) is 4.79 Å². The Balaban J connectivity index is 2.47. The lowest BCUT2D eigenvalue weighted by Gasteiger charge is -2.26. The number of amides is 3. The molecule has 23 heavy (non-hydrogen) atoms. The van der Waals surface area contributed by atoms with Crippen LogP contribution in [0, 0.1) is 0 Å². The first kappa shape index (κ1) is 19.2. The van der Waals surface area contributed by atoms with Crippen molar-refractivity contribution < 1.29 is 23.9 Å². The molecule has 0 saturated carbocycles. The smallest absolute Gasteiger partial charge is 0.410 e. The molecule has 1 rings (SSSR count). The third kappa shape index (κ3) is 7.32. The van der Waals surface area contributed by atoms with Crippen molar-refractivity contribution in [3.05, 3.63) is 0 Å². The number of hydrogen-bond acceptors (Lipinski definition) is 5. The fourth-order valence-electron chi connectivity index (χ4n) is 2.09. The second-order valence-electron chi connectivity index (χ2n) is 6.38. The first-order valence-corrected chi connectivity index (χ1v) is 7.74. The summed E-state index contributed by atoms with van der Waals surface area (Å²) in [5, 5.41) is 2.57. The number of nitrogens with one attached hydrogen (secondary N) is 1. The van der Waals surface area contributed by atoms with Crippen molar-refractivity contribution in [2.75, 3.05) is 40.0 Å². The standard InChI is InChI=1S/C15H27N3O5/c1-15(2,3)23-14(21)18-8-6-13(20)17(9-10-18)7-5-12(19)16-11-22-4/h5-11H2,1-4H3,(H,16,19). The van der Waals surface area contributed by atoms with Gasteiger partial charge in [-0.25, -0.2) is 4.79 Å². The molecule has 0 bridgehead atoms. The molecule has 0 unspecified atom stereocenters. The largest absolute Gasteiger partial charge is 0.444 e. The van der Waals surface area contributed by atoms with Gasteiger partial charge in [0.25, 0.3) is 0 Å². The fourth-order valence-corrected chi connectivity index (χ4v) is 2.09. The zero-order chi connectivity index (χ0) is 17.5. The van der Waals surface area contributed by atoms with E-state index in [9.17, 15) is 14.4 Å². The Bertz CT molecular complexity index is 433. The van der Waals surface area contributed by atoms with Crippen molar-refractivity contribution in [3.63, 3.8) is 0 Å². The predicted octanol–water partition coefficient (Wildman–Crippen LogP) is 0.566. The van der Waals surface area contributed by atoms with Crippen LogP contribution < -0.4 is 5.32 Å². The summed E-state index contributed by atoms with van der Waals surface area (Å²) >= 11 is 0. The molecule has 8 heteroatoms. The van der Waals surface area contributed by atoms with E-state index in [1.807, 2.05) is 0 Å². The Kier molecular flexibility index (Phi) is 7.28. The fraction of sp³-hybridized carbons (Fsp3) is 0.800. The number of methoxy groups -OCH3 is 1. The summed E-state index contributed by atoms with van der Waals surface area (Å²) in [4.78, 5) is 38.8. The second-order valence-corrected chi connectivity index (χ2v) is 6.38. The van der Waals surface area contributed by atoms with Crippen LogP contribution in [0.25, 0.3) is 0 Å². The minimum absolute atomic E-state index is 0.0596. The molecule has 0 aromatic heterocycles. The van der Waals surface area contributed by atoms with Gasteiger partial charge in [0, 0.05) is 46.1 Å². The van der Waals surface area contributed by atoms with Crippen molar-refractivity contribution in [1.29, 1.82) is 0 Å². The lowest BCUT2D eigenvalue weighted by molar-refractivity contribution is -0.131. The minimum atomic E-state index is -0.563. The normalized spacial score (nSPS) is 16.1. The van der Waals surface area contributed by atoms with E-state index in [4.69, 9.17) is 9.47 Å². The Morgan fingerprint density at radius 1 is 1.22 bits per heavy atom. The number of hydrogen-bond donors (Lipinski definition) is 1. The van der Waals surface area contributed by atoms with Gasteiger partial charge in [-0.15, -0.1) is 0 Å². The average molecular weight is 329 g/mol. The predicted molar refractivity (Wildman–Crippen MR) is 83.6 cm³/mol. The van der Waals surface area contributed by atoms with Crippen LogP contribution in [0.3, 0.4) is 0 Å². The molecular formula is C15H27N3O5. The van der Waals surface area contributed by atoms with Gasteiger partial charge < -0.3 is 24.6 Å². The maximum absolute atomic E-state index is 12.1. The molecule has 3 amide bonds. The van der Waals surface area contributed by atoms with Gasteiger partial charge in [0.15, 0.2) is 0 Å². The van der Waals surface area contributed by atoms with Crippen LogP contribution in [0.2, 0.25) is 0 Å². The van der Waals surface area contributed by atoms with E-state index in [1.165, 1.54) is 12.0 Å². The third-order valence-corrected chi connectivity index (χ3v) is 3.26. The van der Waals surface area contributed by atoms with E-state index >= 15 is 0 Å². The molecule has 132 valence electrons. The Morgan fingerprint density at radius 3 is 2.52 bits per heavy atom. The summed E-state index contributed by atoms with van der Waals surface area (Å²) in [6.45, 7) is 7.03. The molecule has 8 nitrogen and oxygen atoms in total. The molecule has 0 spiro atoms. The molecule has 0 aliphatic carbocycles. The lowest BCUT2D eigenvalue weighted by atomic mass is 10.2. The lowest BCUT2D eigenvalue weighted by Crippen LogP contribution is -2.40. The average Bonchev–Trinajstić information content (AvgIpc) is 2.63. The number of carbonyl (C=O) groups is 3. The van der Waals surface area contributed by atoms with Crippen molar-refractivity contribution in [2.24, 2.45) is 0 Å². The number of nitrogens with zero attached hydrogens (tertiary/aromatic N) is 2. The summed E-state index contributed by atoms with van der Waals surface area (Å²) in [6.07, 6.45) is 0.0329. The van der Waals surface area contributed by atoms with Crippen molar-refractivity contribution in [1.82, 2.24) is 15.1 Å². The molecule has 1 saturated heterocycles. The number of rotatable bonds is 5. The highest BCUT2D eigenvalue weighted by molar-refractivity contribution is 5.80. The van der Waals surface area contributed by atoms with Gasteiger partial charge in [-0.3, -0.25) is 9.59 Å². The molecule has 0 atom stereocenters. The highest BCUT2D eigenvalue weighted by atomic mass is 16.6. The maximum Gasteiger partial charge on any atom is 0.410 e.